The summed E-state index contributed by atoms with van der Waals surface area (Å²) in [7, 11) is 0. The lowest BCUT2D eigenvalue weighted by Gasteiger charge is -2.11. The molecule has 0 aliphatic rings. The first-order valence-corrected chi connectivity index (χ1v) is 6.30. The van der Waals surface area contributed by atoms with Crippen LogP contribution in [0.3, 0.4) is 0 Å². The van der Waals surface area contributed by atoms with E-state index in [4.69, 9.17) is 17.3 Å². The molecule has 17 heavy (non-hydrogen) atoms. The highest BCUT2D eigenvalue weighted by Crippen LogP contribution is 2.24. The van der Waals surface area contributed by atoms with Crippen molar-refractivity contribution in [3.63, 3.8) is 0 Å². The van der Waals surface area contributed by atoms with Gasteiger partial charge in [0.15, 0.2) is 0 Å². The lowest BCUT2D eigenvalue weighted by atomic mass is 10.1. The minimum Gasteiger partial charge on any atom is -0.321 e. The second-order valence-electron chi connectivity index (χ2n) is 3.65. The molecule has 1 heterocycles. The van der Waals surface area contributed by atoms with Gasteiger partial charge in [0.1, 0.15) is 5.82 Å². The fraction of sp³-hybridized carbons (Fsp3) is 0.167. The highest BCUT2D eigenvalue weighted by atomic mass is 79.9. The van der Waals surface area contributed by atoms with Crippen LogP contribution in [-0.2, 0) is 6.42 Å². The molecule has 2 aromatic rings. The normalized spacial score (nSPS) is 12.4. The maximum atomic E-state index is 6.13. The average molecular weight is 313 g/mol. The molecule has 0 radical (unpaired) electrons. The van der Waals surface area contributed by atoms with Crippen LogP contribution in [0.2, 0.25) is 5.02 Å². The number of nitrogens with two attached hydrogens (primary N) is 1. The summed E-state index contributed by atoms with van der Waals surface area (Å²) in [4.78, 5) is 8.27. The van der Waals surface area contributed by atoms with Crippen LogP contribution < -0.4 is 5.73 Å². The minimum atomic E-state index is -0.241. The van der Waals surface area contributed by atoms with Gasteiger partial charge in [-0.3, -0.25) is 0 Å². The molecular formula is C12H11BrClN3. The van der Waals surface area contributed by atoms with E-state index in [1.165, 1.54) is 0 Å². The molecule has 1 unspecified atom stereocenters. The largest absolute Gasteiger partial charge is 0.321 e. The third-order valence-electron chi connectivity index (χ3n) is 2.37. The molecule has 0 aliphatic carbocycles. The van der Waals surface area contributed by atoms with Gasteiger partial charge in [-0.1, -0.05) is 33.6 Å². The number of hydrogen-bond donors (Lipinski definition) is 1. The Hall–Kier alpha value is -0.970. The molecule has 2 N–H and O–H groups in total. The van der Waals surface area contributed by atoms with Gasteiger partial charge in [-0.05, 0) is 30.2 Å². The third kappa shape index (κ3) is 3.25. The lowest BCUT2D eigenvalue weighted by Crippen LogP contribution is -2.16. The predicted molar refractivity (Wildman–Crippen MR) is 71.8 cm³/mol. The topological polar surface area (TPSA) is 51.8 Å². The Balaban J connectivity index is 2.16. The van der Waals surface area contributed by atoms with Crippen molar-refractivity contribution in [2.45, 2.75) is 12.5 Å². The standard InChI is InChI=1S/C12H11BrClN3/c13-9-3-2-8(10(14)7-9)6-11(15)12-16-4-1-5-17-12/h1-5,7,11H,6,15H2. The van der Waals surface area contributed by atoms with Crippen LogP contribution in [0.5, 0.6) is 0 Å². The van der Waals surface area contributed by atoms with Crippen molar-refractivity contribution in [2.24, 2.45) is 5.73 Å². The number of hydrogen-bond acceptors (Lipinski definition) is 3. The molecular weight excluding hydrogens is 302 g/mol. The van der Waals surface area contributed by atoms with Crippen molar-refractivity contribution in [1.29, 1.82) is 0 Å². The lowest BCUT2D eigenvalue weighted by molar-refractivity contribution is 0.667. The molecule has 1 aromatic carbocycles. The second-order valence-corrected chi connectivity index (χ2v) is 4.98. The smallest absolute Gasteiger partial charge is 0.145 e. The van der Waals surface area contributed by atoms with Crippen molar-refractivity contribution in [3.05, 3.63) is 57.5 Å². The molecule has 0 fully saturated rings. The summed E-state index contributed by atoms with van der Waals surface area (Å²) in [5.41, 5.74) is 7.03. The first kappa shape index (κ1) is 12.5. The fourth-order valence-electron chi connectivity index (χ4n) is 1.52. The summed E-state index contributed by atoms with van der Waals surface area (Å²) in [6.07, 6.45) is 3.99. The minimum absolute atomic E-state index is 0.241. The number of nitrogens with zero attached hydrogens (tertiary/aromatic N) is 2. The summed E-state index contributed by atoms with van der Waals surface area (Å²) in [5.74, 6) is 0.631. The molecule has 0 aliphatic heterocycles. The van der Waals surface area contributed by atoms with Gasteiger partial charge >= 0.3 is 0 Å². The molecule has 1 atom stereocenters. The molecule has 0 bridgehead atoms. The summed E-state index contributed by atoms with van der Waals surface area (Å²) in [5, 5.41) is 0.700. The van der Waals surface area contributed by atoms with Crippen LogP contribution in [0.1, 0.15) is 17.4 Å². The van der Waals surface area contributed by atoms with Gasteiger partial charge < -0.3 is 5.73 Å². The predicted octanol–water partition coefficient (Wildman–Crippen LogP) is 3.14. The Morgan fingerprint density at radius 3 is 2.65 bits per heavy atom. The fourth-order valence-corrected chi connectivity index (χ4v) is 2.27. The van der Waals surface area contributed by atoms with E-state index in [1.807, 2.05) is 18.2 Å². The van der Waals surface area contributed by atoms with Crippen molar-refractivity contribution in [2.75, 3.05) is 0 Å². The molecule has 0 saturated heterocycles. The van der Waals surface area contributed by atoms with Crippen LogP contribution in [-0.4, -0.2) is 9.97 Å². The Kier molecular flexibility index (Phi) is 4.10. The average Bonchev–Trinajstić information content (AvgIpc) is 2.34. The SMILES string of the molecule is NC(Cc1ccc(Br)cc1Cl)c1ncccn1. The Labute approximate surface area is 113 Å². The first-order chi connectivity index (χ1) is 8.16. The molecule has 0 amide bonds. The van der Waals surface area contributed by atoms with Crippen molar-refractivity contribution in [1.82, 2.24) is 9.97 Å². The van der Waals surface area contributed by atoms with E-state index in [0.717, 1.165) is 10.0 Å². The number of benzene rings is 1. The molecule has 1 aromatic heterocycles. The molecule has 88 valence electrons. The van der Waals surface area contributed by atoms with E-state index in [2.05, 4.69) is 25.9 Å². The van der Waals surface area contributed by atoms with E-state index in [0.29, 0.717) is 17.3 Å². The molecule has 2 rings (SSSR count). The van der Waals surface area contributed by atoms with Gasteiger partial charge in [0.05, 0.1) is 6.04 Å². The highest BCUT2D eigenvalue weighted by Gasteiger charge is 2.11. The van der Waals surface area contributed by atoms with Crippen molar-refractivity contribution < 1.29 is 0 Å². The van der Waals surface area contributed by atoms with Crippen LogP contribution in [0.15, 0.2) is 41.1 Å². The van der Waals surface area contributed by atoms with E-state index >= 15 is 0 Å². The summed E-state index contributed by atoms with van der Waals surface area (Å²) < 4.78 is 0.954. The van der Waals surface area contributed by atoms with Gasteiger partial charge in [0.25, 0.3) is 0 Å². The highest BCUT2D eigenvalue weighted by molar-refractivity contribution is 9.10. The maximum absolute atomic E-state index is 6.13. The molecule has 3 nitrogen and oxygen atoms in total. The Bertz CT molecular complexity index is 504. The molecule has 0 saturated carbocycles. The summed E-state index contributed by atoms with van der Waals surface area (Å²) >= 11 is 9.50. The van der Waals surface area contributed by atoms with Crippen LogP contribution in [0.4, 0.5) is 0 Å². The van der Waals surface area contributed by atoms with Gasteiger partial charge in [0.2, 0.25) is 0 Å². The van der Waals surface area contributed by atoms with Gasteiger partial charge in [0, 0.05) is 21.9 Å². The summed E-state index contributed by atoms with van der Waals surface area (Å²) in [6.45, 7) is 0. The van der Waals surface area contributed by atoms with Crippen LogP contribution in [0, 0.1) is 0 Å². The zero-order valence-corrected chi connectivity index (χ0v) is 11.3. The molecule has 5 heteroatoms. The zero-order valence-electron chi connectivity index (χ0n) is 8.98. The monoisotopic (exact) mass is 311 g/mol. The van der Waals surface area contributed by atoms with Gasteiger partial charge in [-0.15, -0.1) is 0 Å². The number of halogens is 2. The summed E-state index contributed by atoms with van der Waals surface area (Å²) in [6, 6.07) is 7.28. The Morgan fingerprint density at radius 2 is 2.00 bits per heavy atom. The van der Waals surface area contributed by atoms with Crippen LogP contribution in [0.25, 0.3) is 0 Å². The maximum Gasteiger partial charge on any atom is 0.145 e. The quantitative estimate of drug-likeness (QED) is 0.947. The first-order valence-electron chi connectivity index (χ1n) is 5.13. The number of rotatable bonds is 3. The second kappa shape index (κ2) is 5.58. The van der Waals surface area contributed by atoms with E-state index in [-0.39, 0.29) is 6.04 Å². The van der Waals surface area contributed by atoms with E-state index < -0.39 is 0 Å². The van der Waals surface area contributed by atoms with Crippen LogP contribution >= 0.6 is 27.5 Å². The van der Waals surface area contributed by atoms with Gasteiger partial charge in [-0.2, -0.15) is 0 Å². The van der Waals surface area contributed by atoms with Gasteiger partial charge in [-0.25, -0.2) is 9.97 Å². The third-order valence-corrected chi connectivity index (χ3v) is 3.22. The van der Waals surface area contributed by atoms with E-state index in [9.17, 15) is 0 Å². The van der Waals surface area contributed by atoms with Crippen molar-refractivity contribution in [3.8, 4) is 0 Å². The Morgan fingerprint density at radius 1 is 1.29 bits per heavy atom. The van der Waals surface area contributed by atoms with Crippen molar-refractivity contribution >= 4 is 27.5 Å². The van der Waals surface area contributed by atoms with E-state index in [1.54, 1.807) is 18.5 Å². The molecule has 0 spiro atoms. The number of aromatic nitrogens is 2. The zero-order chi connectivity index (χ0) is 12.3.